The predicted molar refractivity (Wildman–Crippen MR) is 159 cm³/mol. The van der Waals surface area contributed by atoms with Gasteiger partial charge in [0.1, 0.15) is 5.75 Å². The van der Waals surface area contributed by atoms with E-state index < -0.39 is 23.7 Å². The van der Waals surface area contributed by atoms with Gasteiger partial charge in [0.25, 0.3) is 0 Å². The Kier molecular flexibility index (Phi) is 5.96. The van der Waals surface area contributed by atoms with Gasteiger partial charge >= 0.3 is 0 Å². The smallest absolute Gasteiger partial charge is 0.238 e. The minimum atomic E-state index is -0.741. The summed E-state index contributed by atoms with van der Waals surface area (Å²) in [6.07, 6.45) is 3.70. The molecule has 8 heteroatoms. The fraction of sp³-hybridized carbons (Fsp3) is 0.212. The van der Waals surface area contributed by atoms with E-state index in [1.54, 1.807) is 24.3 Å². The molecule has 4 unspecified atom stereocenters. The molecule has 1 heterocycles. The number of aromatic hydroxyl groups is 1. The Bertz CT molecular complexity index is 1850. The van der Waals surface area contributed by atoms with E-state index in [2.05, 4.69) is 15.9 Å². The normalized spacial score (nSPS) is 25.7. The number of hydrogen-bond donors (Lipinski definition) is 1. The van der Waals surface area contributed by atoms with Crippen LogP contribution in [0.25, 0.3) is 10.8 Å². The molecule has 3 aromatic carbocycles. The van der Waals surface area contributed by atoms with Crippen LogP contribution in [0.3, 0.4) is 0 Å². The number of imide groups is 1. The standard InChI is InChI=1S/C33H23BrClNO5/c1-15-6-8-17(12-24(15)35)36-32(40)20-10-9-19-21(27(20)33(36)41)13-22-29(26(38)14-23(34)31(22)39)30(19)28-18-5-3-2-4-16(18)7-11-25(28)37/h2-9,11-12,14,20-21,27,30,37H,10,13H2,1H3. The van der Waals surface area contributed by atoms with Crippen molar-refractivity contribution in [2.45, 2.75) is 25.7 Å². The highest BCUT2D eigenvalue weighted by atomic mass is 79.9. The third-order valence-electron chi connectivity index (χ3n) is 8.98. The maximum Gasteiger partial charge on any atom is 0.238 e. The zero-order valence-corrected chi connectivity index (χ0v) is 24.2. The maximum absolute atomic E-state index is 14.1. The van der Waals surface area contributed by atoms with Crippen molar-refractivity contribution in [2.75, 3.05) is 4.90 Å². The number of allylic oxidation sites excluding steroid dienone is 6. The number of nitrogens with zero attached hydrogens (tertiary/aromatic N) is 1. The molecule has 1 N–H and O–H groups in total. The molecule has 6 nitrogen and oxygen atoms in total. The van der Waals surface area contributed by atoms with E-state index in [0.29, 0.717) is 33.8 Å². The molecule has 2 amide bonds. The summed E-state index contributed by atoms with van der Waals surface area (Å²) in [5, 5.41) is 13.3. The lowest BCUT2D eigenvalue weighted by Crippen LogP contribution is -2.39. The van der Waals surface area contributed by atoms with E-state index in [1.165, 1.54) is 11.0 Å². The first kappa shape index (κ1) is 26.1. The summed E-state index contributed by atoms with van der Waals surface area (Å²) in [4.78, 5) is 56.1. The molecule has 41 heavy (non-hydrogen) atoms. The Labute approximate surface area is 249 Å². The third-order valence-corrected chi connectivity index (χ3v) is 9.98. The average Bonchev–Trinajstić information content (AvgIpc) is 3.22. The van der Waals surface area contributed by atoms with Gasteiger partial charge in [-0.05, 0) is 76.1 Å². The monoisotopic (exact) mass is 627 g/mol. The van der Waals surface area contributed by atoms with Crippen LogP contribution in [0.1, 0.15) is 29.9 Å². The van der Waals surface area contributed by atoms with Crippen molar-refractivity contribution in [1.82, 2.24) is 0 Å². The Balaban J connectivity index is 1.42. The summed E-state index contributed by atoms with van der Waals surface area (Å²) in [5.74, 6) is -3.83. The molecule has 0 bridgehead atoms. The van der Waals surface area contributed by atoms with Gasteiger partial charge in [0.15, 0.2) is 11.6 Å². The molecular formula is C33H23BrClNO5. The lowest BCUT2D eigenvalue weighted by atomic mass is 9.59. The molecule has 3 aromatic rings. The zero-order chi connectivity index (χ0) is 28.7. The number of Topliss-reactive ketones (excluding diaryl/α,β-unsaturated/α-hetero) is 1. The van der Waals surface area contributed by atoms with Gasteiger partial charge in [-0.15, -0.1) is 0 Å². The van der Waals surface area contributed by atoms with Gasteiger partial charge in [0, 0.05) is 33.7 Å². The van der Waals surface area contributed by atoms with Crippen LogP contribution in [0.5, 0.6) is 5.75 Å². The second-order valence-corrected chi connectivity index (χ2v) is 12.3. The summed E-state index contributed by atoms with van der Waals surface area (Å²) in [7, 11) is 0. The van der Waals surface area contributed by atoms with Crippen molar-refractivity contribution in [2.24, 2.45) is 17.8 Å². The van der Waals surface area contributed by atoms with Crippen LogP contribution in [-0.4, -0.2) is 28.5 Å². The number of carbonyl (C=O) groups excluding carboxylic acids is 4. The molecule has 0 spiro atoms. The molecule has 3 aliphatic carbocycles. The fourth-order valence-electron chi connectivity index (χ4n) is 7.10. The average molecular weight is 629 g/mol. The first-order valence-corrected chi connectivity index (χ1v) is 14.6. The number of hydrogen-bond acceptors (Lipinski definition) is 5. The maximum atomic E-state index is 14.1. The highest BCUT2D eigenvalue weighted by Crippen LogP contribution is 2.57. The number of halogens is 2. The summed E-state index contributed by atoms with van der Waals surface area (Å²) in [5.41, 5.74) is 3.21. The van der Waals surface area contributed by atoms with Crippen LogP contribution in [0.4, 0.5) is 5.69 Å². The van der Waals surface area contributed by atoms with Crippen molar-refractivity contribution in [1.29, 1.82) is 0 Å². The van der Waals surface area contributed by atoms with Crippen molar-refractivity contribution >= 4 is 67.4 Å². The number of ketones is 2. The van der Waals surface area contributed by atoms with Gasteiger partial charge in [-0.25, -0.2) is 4.90 Å². The second-order valence-electron chi connectivity index (χ2n) is 11.1. The van der Waals surface area contributed by atoms with E-state index >= 15 is 0 Å². The van der Waals surface area contributed by atoms with E-state index in [0.717, 1.165) is 21.9 Å². The van der Waals surface area contributed by atoms with Gasteiger partial charge in [0.2, 0.25) is 11.8 Å². The molecule has 4 atom stereocenters. The number of amides is 2. The second kappa shape index (κ2) is 9.36. The lowest BCUT2D eigenvalue weighted by Gasteiger charge is -2.42. The lowest BCUT2D eigenvalue weighted by molar-refractivity contribution is -0.123. The molecule has 0 aromatic heterocycles. The van der Waals surface area contributed by atoms with Gasteiger partial charge in [-0.2, -0.15) is 0 Å². The largest absolute Gasteiger partial charge is 0.508 e. The minimum absolute atomic E-state index is 0.00263. The zero-order valence-electron chi connectivity index (χ0n) is 21.9. The van der Waals surface area contributed by atoms with Crippen LogP contribution in [0, 0.1) is 24.7 Å². The summed E-state index contributed by atoms with van der Waals surface area (Å²) >= 11 is 9.61. The van der Waals surface area contributed by atoms with Crippen LogP contribution >= 0.6 is 27.5 Å². The first-order valence-electron chi connectivity index (χ1n) is 13.4. The van der Waals surface area contributed by atoms with Gasteiger partial charge < -0.3 is 5.11 Å². The van der Waals surface area contributed by atoms with Crippen LogP contribution in [0.15, 0.2) is 88.0 Å². The van der Waals surface area contributed by atoms with Crippen LogP contribution in [-0.2, 0) is 19.2 Å². The van der Waals surface area contributed by atoms with Gasteiger partial charge in [0.05, 0.1) is 22.0 Å². The van der Waals surface area contributed by atoms with Gasteiger partial charge in [-0.3, -0.25) is 19.2 Å². The molecule has 1 aliphatic heterocycles. The highest BCUT2D eigenvalue weighted by molar-refractivity contribution is 9.12. The third kappa shape index (κ3) is 3.75. The molecule has 1 fully saturated rings. The summed E-state index contributed by atoms with van der Waals surface area (Å²) in [6.45, 7) is 1.85. The van der Waals surface area contributed by atoms with E-state index in [9.17, 15) is 24.3 Å². The van der Waals surface area contributed by atoms with Crippen molar-refractivity contribution in [3.63, 3.8) is 0 Å². The Morgan fingerprint density at radius 3 is 2.54 bits per heavy atom. The number of phenolic OH excluding ortho intramolecular Hbond substituents is 1. The molecule has 7 rings (SSSR count). The number of anilines is 1. The van der Waals surface area contributed by atoms with E-state index in [1.807, 2.05) is 43.3 Å². The summed E-state index contributed by atoms with van der Waals surface area (Å²) in [6, 6.07) is 16.1. The topological polar surface area (TPSA) is 91.8 Å². The van der Waals surface area contributed by atoms with Crippen molar-refractivity contribution in [3.8, 4) is 5.75 Å². The Morgan fingerprint density at radius 2 is 1.76 bits per heavy atom. The number of benzene rings is 3. The van der Waals surface area contributed by atoms with Crippen molar-refractivity contribution in [3.05, 3.63) is 104 Å². The predicted octanol–water partition coefficient (Wildman–Crippen LogP) is 6.47. The number of phenols is 1. The molecule has 204 valence electrons. The number of rotatable bonds is 2. The Morgan fingerprint density at radius 1 is 0.976 bits per heavy atom. The molecule has 0 radical (unpaired) electrons. The minimum Gasteiger partial charge on any atom is -0.508 e. The first-order chi connectivity index (χ1) is 19.7. The summed E-state index contributed by atoms with van der Waals surface area (Å²) < 4.78 is 0.159. The number of carbonyl (C=O) groups is 4. The van der Waals surface area contributed by atoms with Crippen LogP contribution in [0.2, 0.25) is 5.02 Å². The molecule has 1 saturated heterocycles. The molecule has 4 aliphatic rings. The van der Waals surface area contributed by atoms with E-state index in [-0.39, 0.29) is 40.0 Å². The Hall–Kier alpha value is -3.81. The van der Waals surface area contributed by atoms with E-state index in [4.69, 9.17) is 11.6 Å². The number of aryl methyl sites for hydroxylation is 1. The molecular weight excluding hydrogens is 606 g/mol. The van der Waals surface area contributed by atoms with Gasteiger partial charge in [-0.1, -0.05) is 59.6 Å². The van der Waals surface area contributed by atoms with Crippen molar-refractivity contribution < 1.29 is 24.3 Å². The SMILES string of the molecule is Cc1ccc(N2C(=O)C3CC=C4C(c5c(O)ccc6ccccc56)C5=C(CC4C3C2=O)C(=O)C(Br)=CC5=O)cc1Cl. The molecule has 0 saturated carbocycles. The highest BCUT2D eigenvalue weighted by Gasteiger charge is 2.57. The fourth-order valence-corrected chi connectivity index (χ4v) is 7.72. The van der Waals surface area contributed by atoms with Crippen LogP contribution < -0.4 is 4.90 Å². The quantitative estimate of drug-likeness (QED) is 0.200. The number of fused-ring (bicyclic) bond motifs is 4.